The molecule has 74 valence electrons. The Morgan fingerprint density at radius 1 is 1.23 bits per heavy atom. The van der Waals surface area contributed by atoms with Gasteiger partial charge in [-0.05, 0) is 19.8 Å². The fraction of sp³-hybridized carbons (Fsp3) is 0.692. The smallest absolute Gasteiger partial charge is 0.00101 e. The summed E-state index contributed by atoms with van der Waals surface area (Å²) in [7, 11) is 0. The fourth-order valence-corrected chi connectivity index (χ4v) is 2.36. The van der Waals surface area contributed by atoms with Gasteiger partial charge >= 0.3 is 0 Å². The van der Waals surface area contributed by atoms with E-state index in [1.165, 1.54) is 12.8 Å². The number of allylic oxidation sites excluding steroid dienone is 4. The van der Waals surface area contributed by atoms with Gasteiger partial charge in [0.2, 0.25) is 0 Å². The van der Waals surface area contributed by atoms with Crippen LogP contribution in [0.4, 0.5) is 0 Å². The van der Waals surface area contributed by atoms with Gasteiger partial charge in [0.05, 0.1) is 0 Å². The second kappa shape index (κ2) is 3.69. The zero-order valence-corrected chi connectivity index (χ0v) is 9.65. The summed E-state index contributed by atoms with van der Waals surface area (Å²) in [6, 6.07) is 0. The third kappa shape index (κ3) is 2.04. The molecule has 0 aromatic carbocycles. The van der Waals surface area contributed by atoms with Gasteiger partial charge in [0, 0.05) is 11.3 Å². The lowest BCUT2D eigenvalue weighted by Gasteiger charge is -2.38. The normalized spacial score (nSPS) is 28.5. The van der Waals surface area contributed by atoms with Crippen molar-refractivity contribution in [1.82, 2.24) is 0 Å². The van der Waals surface area contributed by atoms with Crippen LogP contribution >= 0.6 is 0 Å². The van der Waals surface area contributed by atoms with Crippen molar-refractivity contribution in [3.63, 3.8) is 0 Å². The molecule has 0 N–H and O–H groups in total. The highest BCUT2D eigenvalue weighted by atomic mass is 14.4. The highest BCUT2D eigenvalue weighted by Gasteiger charge is 2.31. The third-order valence-electron chi connectivity index (χ3n) is 2.88. The van der Waals surface area contributed by atoms with Gasteiger partial charge in [-0.3, -0.25) is 0 Å². The Morgan fingerprint density at radius 3 is 2.23 bits per heavy atom. The Kier molecular flexibility index (Phi) is 3.00. The molecule has 1 unspecified atom stereocenters. The maximum Gasteiger partial charge on any atom is 0.00101 e. The first kappa shape index (κ1) is 10.6. The zero-order valence-electron chi connectivity index (χ0n) is 9.65. The Morgan fingerprint density at radius 2 is 1.85 bits per heavy atom. The lowest BCUT2D eigenvalue weighted by atomic mass is 9.67. The summed E-state index contributed by atoms with van der Waals surface area (Å²) in [6.07, 6.45) is 7.61. The van der Waals surface area contributed by atoms with Crippen molar-refractivity contribution in [2.24, 2.45) is 11.3 Å². The summed E-state index contributed by atoms with van der Waals surface area (Å²) in [4.78, 5) is 0. The molecule has 0 heteroatoms. The third-order valence-corrected chi connectivity index (χ3v) is 2.88. The first-order valence-corrected chi connectivity index (χ1v) is 5.49. The molecule has 1 fully saturated rings. The summed E-state index contributed by atoms with van der Waals surface area (Å²) in [5, 5.41) is 0. The van der Waals surface area contributed by atoms with Crippen molar-refractivity contribution >= 4 is 0 Å². The molecule has 0 aromatic heterocycles. The Labute approximate surface area is 82.7 Å². The van der Waals surface area contributed by atoms with E-state index in [0.29, 0.717) is 5.41 Å². The molecule has 0 spiro atoms. The van der Waals surface area contributed by atoms with Crippen molar-refractivity contribution in [1.29, 1.82) is 0 Å². The zero-order chi connectivity index (χ0) is 10.1. The summed E-state index contributed by atoms with van der Waals surface area (Å²) < 4.78 is 0. The molecule has 0 heterocycles. The molecule has 0 saturated heterocycles. The summed E-state index contributed by atoms with van der Waals surface area (Å²) in [5.41, 5.74) is 3.62. The largest absolute Gasteiger partial charge is 0.0756 e. The quantitative estimate of drug-likeness (QED) is 0.484. The molecule has 0 bridgehead atoms. The SMILES string of the molecule is CC.CC1=CC(C)(C)C=C2CCC12. The van der Waals surface area contributed by atoms with Crippen LogP contribution in [0.15, 0.2) is 23.3 Å². The Balaban J connectivity index is 0.000000396. The van der Waals surface area contributed by atoms with E-state index in [0.717, 1.165) is 5.92 Å². The van der Waals surface area contributed by atoms with Gasteiger partial charge in [0.1, 0.15) is 0 Å². The molecule has 1 atom stereocenters. The van der Waals surface area contributed by atoms with Crippen LogP contribution in [0.25, 0.3) is 0 Å². The molecule has 1 saturated carbocycles. The Hall–Kier alpha value is -0.520. The molecule has 0 aliphatic heterocycles. The molecule has 0 radical (unpaired) electrons. The van der Waals surface area contributed by atoms with Crippen molar-refractivity contribution < 1.29 is 0 Å². The number of fused-ring (bicyclic) bond motifs is 1. The highest BCUT2D eigenvalue weighted by Crippen LogP contribution is 2.45. The van der Waals surface area contributed by atoms with Crippen LogP contribution in [-0.2, 0) is 0 Å². The van der Waals surface area contributed by atoms with Gasteiger partial charge in [-0.1, -0.05) is 51.0 Å². The molecule has 13 heavy (non-hydrogen) atoms. The van der Waals surface area contributed by atoms with E-state index in [9.17, 15) is 0 Å². The van der Waals surface area contributed by atoms with Crippen LogP contribution in [0.2, 0.25) is 0 Å². The van der Waals surface area contributed by atoms with Crippen LogP contribution in [0.1, 0.15) is 47.5 Å². The van der Waals surface area contributed by atoms with Gasteiger partial charge < -0.3 is 0 Å². The van der Waals surface area contributed by atoms with E-state index in [-0.39, 0.29) is 0 Å². The summed E-state index contributed by atoms with van der Waals surface area (Å²) in [6.45, 7) is 10.9. The topological polar surface area (TPSA) is 0 Å². The second-order valence-electron chi connectivity index (χ2n) is 4.52. The van der Waals surface area contributed by atoms with Crippen molar-refractivity contribution in [2.45, 2.75) is 47.5 Å². The van der Waals surface area contributed by atoms with Crippen molar-refractivity contribution in [3.05, 3.63) is 23.3 Å². The van der Waals surface area contributed by atoms with E-state index in [2.05, 4.69) is 32.9 Å². The van der Waals surface area contributed by atoms with Crippen LogP contribution in [0, 0.1) is 11.3 Å². The predicted molar refractivity (Wildman–Crippen MR) is 59.7 cm³/mol. The Bertz CT molecular complexity index is 225. The number of hydrogen-bond acceptors (Lipinski definition) is 0. The average Bonchev–Trinajstić information content (AvgIpc) is 1.99. The van der Waals surface area contributed by atoms with E-state index in [1.807, 2.05) is 13.8 Å². The van der Waals surface area contributed by atoms with E-state index in [4.69, 9.17) is 0 Å². The van der Waals surface area contributed by atoms with E-state index >= 15 is 0 Å². The summed E-state index contributed by atoms with van der Waals surface area (Å²) >= 11 is 0. The molecule has 2 aliphatic carbocycles. The van der Waals surface area contributed by atoms with Gasteiger partial charge in [-0.2, -0.15) is 0 Å². The van der Waals surface area contributed by atoms with E-state index in [1.54, 1.807) is 11.1 Å². The minimum atomic E-state index is 0.330. The molecular weight excluding hydrogens is 156 g/mol. The minimum Gasteiger partial charge on any atom is -0.0756 e. The molecular formula is C13H22. The van der Waals surface area contributed by atoms with Crippen molar-refractivity contribution in [2.75, 3.05) is 0 Å². The second-order valence-corrected chi connectivity index (χ2v) is 4.52. The minimum absolute atomic E-state index is 0.330. The summed E-state index contributed by atoms with van der Waals surface area (Å²) in [5.74, 6) is 0.836. The van der Waals surface area contributed by atoms with Crippen LogP contribution < -0.4 is 0 Å². The van der Waals surface area contributed by atoms with Gasteiger partial charge in [-0.15, -0.1) is 0 Å². The molecule has 0 nitrogen and oxygen atoms in total. The fourth-order valence-electron chi connectivity index (χ4n) is 2.36. The maximum absolute atomic E-state index is 2.45. The first-order valence-electron chi connectivity index (χ1n) is 5.49. The van der Waals surface area contributed by atoms with Gasteiger partial charge in [0.25, 0.3) is 0 Å². The van der Waals surface area contributed by atoms with Crippen LogP contribution in [-0.4, -0.2) is 0 Å². The van der Waals surface area contributed by atoms with Gasteiger partial charge in [0.15, 0.2) is 0 Å². The molecule has 2 rings (SSSR count). The van der Waals surface area contributed by atoms with E-state index < -0.39 is 0 Å². The monoisotopic (exact) mass is 178 g/mol. The lowest BCUT2D eigenvalue weighted by Crippen LogP contribution is -2.24. The molecule has 0 aromatic rings. The molecule has 2 aliphatic rings. The predicted octanol–water partition coefficient (Wildman–Crippen LogP) is 4.34. The van der Waals surface area contributed by atoms with Gasteiger partial charge in [-0.25, -0.2) is 0 Å². The molecule has 0 amide bonds. The van der Waals surface area contributed by atoms with Crippen LogP contribution in [0.5, 0.6) is 0 Å². The highest BCUT2D eigenvalue weighted by molar-refractivity contribution is 5.35. The number of rotatable bonds is 0. The standard InChI is InChI=1S/C11H16.C2H6/c1-8-6-11(2,3)7-9-4-5-10(8)9;1-2/h6-7,10H,4-5H2,1-3H3;1-2H3. The van der Waals surface area contributed by atoms with Crippen molar-refractivity contribution in [3.8, 4) is 0 Å². The maximum atomic E-state index is 2.45. The lowest BCUT2D eigenvalue weighted by molar-refractivity contribution is 0.451. The number of hydrogen-bond donors (Lipinski definition) is 0. The average molecular weight is 178 g/mol. The first-order chi connectivity index (χ1) is 6.08. The van der Waals surface area contributed by atoms with Crippen LogP contribution in [0.3, 0.4) is 0 Å².